The highest BCUT2D eigenvalue weighted by Crippen LogP contribution is 2.27. The van der Waals surface area contributed by atoms with Crippen LogP contribution in [0.1, 0.15) is 171 Å². The molecule has 44 heavy (non-hydrogen) atoms. The van der Waals surface area contributed by atoms with Gasteiger partial charge in [0.1, 0.15) is 6.04 Å². The first-order valence-corrected chi connectivity index (χ1v) is 19.1. The van der Waals surface area contributed by atoms with Crippen molar-refractivity contribution in [1.29, 1.82) is 0 Å². The summed E-state index contributed by atoms with van der Waals surface area (Å²) in [7, 11) is 0. The highest BCUT2D eigenvalue weighted by atomic mass is 16.5. The lowest BCUT2D eigenvalue weighted by Crippen LogP contribution is -2.50. The van der Waals surface area contributed by atoms with Crippen LogP contribution >= 0.6 is 0 Å². The quantitative estimate of drug-likeness (QED) is 0.0593. The molecule has 6 nitrogen and oxygen atoms in total. The number of carbonyl (C=O) groups excluding carboxylic acids is 1. The maximum absolute atomic E-state index is 12.9. The van der Waals surface area contributed by atoms with Gasteiger partial charge < -0.3 is 9.84 Å². The minimum atomic E-state index is -0.683. The maximum Gasteiger partial charge on any atom is 0.320 e. The van der Waals surface area contributed by atoms with Crippen molar-refractivity contribution in [3.8, 4) is 0 Å². The number of aliphatic carboxylic acids is 1. The second-order valence-electron chi connectivity index (χ2n) is 13.7. The van der Waals surface area contributed by atoms with Gasteiger partial charge in [0.25, 0.3) is 6.47 Å². The summed E-state index contributed by atoms with van der Waals surface area (Å²) in [5.74, 6) is 1.30. The Bertz CT molecular complexity index is 675. The lowest BCUT2D eigenvalue weighted by atomic mass is 9.90. The predicted molar refractivity (Wildman–Crippen MR) is 188 cm³/mol. The van der Waals surface area contributed by atoms with Crippen LogP contribution < -0.4 is 0 Å². The van der Waals surface area contributed by atoms with Gasteiger partial charge >= 0.3 is 5.97 Å². The largest absolute Gasteiger partial charge is 0.480 e. The van der Waals surface area contributed by atoms with E-state index in [1.807, 2.05) is 0 Å². The molecule has 6 atom stereocenters. The first-order chi connectivity index (χ1) is 21.3. The molecular formula is C38H76N2O4. The van der Waals surface area contributed by atoms with Crippen LogP contribution in [0, 0.1) is 23.7 Å². The number of carboxylic acid groups (broad SMARTS) is 1. The summed E-state index contributed by atoms with van der Waals surface area (Å²) in [6, 6.07) is -0.477. The van der Waals surface area contributed by atoms with Crippen LogP contribution in [0.4, 0.5) is 0 Å². The monoisotopic (exact) mass is 625 g/mol. The molecular weight excluding hydrogens is 548 g/mol. The van der Waals surface area contributed by atoms with E-state index in [0.717, 1.165) is 83.8 Å². The number of unbranched alkanes of at least 4 members (excludes halogenated alkanes) is 4. The van der Waals surface area contributed by atoms with Gasteiger partial charge in [-0.2, -0.15) is 0 Å². The second-order valence-corrected chi connectivity index (χ2v) is 13.7. The van der Waals surface area contributed by atoms with Crippen molar-refractivity contribution < 1.29 is 19.4 Å². The SMILES string of the molecule is CCCCC(CC)CC(OC=O)N(CCN(CC(CC)CCCC)C(CC(CC)CCCC)C(=O)O)CC(CC)CCCC. The van der Waals surface area contributed by atoms with Gasteiger partial charge in [0.15, 0.2) is 6.23 Å². The summed E-state index contributed by atoms with van der Waals surface area (Å²) in [5, 5.41) is 10.6. The van der Waals surface area contributed by atoms with Gasteiger partial charge in [0, 0.05) is 32.6 Å². The Balaban J connectivity index is 6.36. The summed E-state index contributed by atoms with van der Waals surface area (Å²) in [6.07, 6.45) is 19.6. The lowest BCUT2D eigenvalue weighted by molar-refractivity contribution is -0.147. The number of hydrogen-bond donors (Lipinski definition) is 1. The lowest BCUT2D eigenvalue weighted by Gasteiger charge is -2.38. The molecule has 0 aliphatic carbocycles. The van der Waals surface area contributed by atoms with Crippen molar-refractivity contribution in [2.45, 2.75) is 183 Å². The van der Waals surface area contributed by atoms with Gasteiger partial charge in [-0.1, -0.05) is 145 Å². The van der Waals surface area contributed by atoms with Gasteiger partial charge in [-0.25, -0.2) is 0 Å². The number of carbonyl (C=O) groups is 2. The predicted octanol–water partition coefficient (Wildman–Crippen LogP) is 10.2. The molecule has 1 N–H and O–H groups in total. The number of nitrogens with zero attached hydrogens (tertiary/aromatic N) is 2. The zero-order valence-corrected chi connectivity index (χ0v) is 30.7. The van der Waals surface area contributed by atoms with Crippen molar-refractivity contribution in [2.24, 2.45) is 23.7 Å². The molecule has 6 unspecified atom stereocenters. The molecule has 0 aromatic heterocycles. The zero-order chi connectivity index (χ0) is 33.2. The molecule has 0 heterocycles. The van der Waals surface area contributed by atoms with E-state index < -0.39 is 12.0 Å². The molecule has 0 bridgehead atoms. The van der Waals surface area contributed by atoms with Crippen LogP contribution in [0.2, 0.25) is 0 Å². The van der Waals surface area contributed by atoms with Crippen LogP contribution in [0.25, 0.3) is 0 Å². The molecule has 0 aromatic carbocycles. The standard InChI is InChI=1S/C38H76N2O4/c1-9-17-21-32(13-5)27-36(38(42)43)39(29-34(15-7)23-19-11-3)25-26-40(30-35(16-8)24-20-12-4)37(44-31-41)28-33(14-6)22-18-10-2/h31-37H,9-30H2,1-8H3,(H,42,43). The van der Waals surface area contributed by atoms with Crippen molar-refractivity contribution in [1.82, 2.24) is 9.80 Å². The van der Waals surface area contributed by atoms with Gasteiger partial charge in [0.05, 0.1) is 0 Å². The molecule has 0 aliphatic heterocycles. The maximum atomic E-state index is 12.9. The van der Waals surface area contributed by atoms with Crippen molar-refractivity contribution in [2.75, 3.05) is 26.2 Å². The van der Waals surface area contributed by atoms with E-state index in [-0.39, 0.29) is 6.23 Å². The Hall–Kier alpha value is -1.14. The molecule has 0 fully saturated rings. The second kappa shape index (κ2) is 28.1. The topological polar surface area (TPSA) is 70.1 Å². The molecule has 262 valence electrons. The Morgan fingerprint density at radius 3 is 1.39 bits per heavy atom. The van der Waals surface area contributed by atoms with E-state index in [0.29, 0.717) is 43.1 Å². The van der Waals surface area contributed by atoms with Crippen LogP contribution in [0.5, 0.6) is 0 Å². The van der Waals surface area contributed by atoms with E-state index >= 15 is 0 Å². The molecule has 6 heteroatoms. The molecule has 0 saturated carbocycles. The molecule has 0 radical (unpaired) electrons. The molecule has 0 rings (SSSR count). The number of hydrogen-bond acceptors (Lipinski definition) is 5. The smallest absolute Gasteiger partial charge is 0.320 e. The summed E-state index contributed by atoms with van der Waals surface area (Å²) >= 11 is 0. The fourth-order valence-electron chi connectivity index (χ4n) is 6.81. The van der Waals surface area contributed by atoms with Crippen molar-refractivity contribution in [3.63, 3.8) is 0 Å². The molecule has 0 aromatic rings. The highest BCUT2D eigenvalue weighted by molar-refractivity contribution is 5.73. The Labute approximate surface area is 274 Å². The number of carboxylic acids is 1. The minimum Gasteiger partial charge on any atom is -0.480 e. The first-order valence-electron chi connectivity index (χ1n) is 19.1. The van der Waals surface area contributed by atoms with Gasteiger partial charge in [-0.05, 0) is 42.9 Å². The van der Waals surface area contributed by atoms with Gasteiger partial charge in [-0.15, -0.1) is 0 Å². The average Bonchev–Trinajstić information content (AvgIpc) is 3.03. The fraction of sp³-hybridized carbons (Fsp3) is 0.947. The third kappa shape index (κ3) is 18.7. The summed E-state index contributed by atoms with van der Waals surface area (Å²) in [5.41, 5.74) is 0. The summed E-state index contributed by atoms with van der Waals surface area (Å²) in [4.78, 5) is 29.5. The van der Waals surface area contributed by atoms with E-state index in [9.17, 15) is 14.7 Å². The number of ether oxygens (including phenoxy) is 1. The van der Waals surface area contributed by atoms with Crippen LogP contribution in [-0.2, 0) is 14.3 Å². The van der Waals surface area contributed by atoms with Crippen molar-refractivity contribution >= 4 is 12.4 Å². The number of rotatable bonds is 32. The molecule has 0 spiro atoms. The Morgan fingerprint density at radius 2 is 1.00 bits per heavy atom. The van der Waals surface area contributed by atoms with Crippen molar-refractivity contribution in [3.05, 3.63) is 0 Å². The van der Waals surface area contributed by atoms with Crippen LogP contribution in [0.3, 0.4) is 0 Å². The first kappa shape index (κ1) is 42.9. The highest BCUT2D eigenvalue weighted by Gasteiger charge is 2.32. The minimum absolute atomic E-state index is 0.259. The van der Waals surface area contributed by atoms with E-state index in [2.05, 4.69) is 65.2 Å². The normalized spacial score (nSPS) is 16.0. The van der Waals surface area contributed by atoms with Gasteiger partial charge in [-0.3, -0.25) is 19.4 Å². The Kier molecular flexibility index (Phi) is 27.4. The van der Waals surface area contributed by atoms with E-state index in [4.69, 9.17) is 4.74 Å². The van der Waals surface area contributed by atoms with E-state index in [1.54, 1.807) is 0 Å². The van der Waals surface area contributed by atoms with Gasteiger partial charge in [0.2, 0.25) is 0 Å². The van der Waals surface area contributed by atoms with Crippen LogP contribution in [0.15, 0.2) is 0 Å². The summed E-state index contributed by atoms with van der Waals surface area (Å²) in [6.45, 7) is 21.7. The van der Waals surface area contributed by atoms with Crippen LogP contribution in [-0.4, -0.2) is 65.8 Å². The molecule has 0 saturated heterocycles. The zero-order valence-electron chi connectivity index (χ0n) is 30.7. The van der Waals surface area contributed by atoms with E-state index in [1.165, 1.54) is 44.9 Å². The third-order valence-electron chi connectivity index (χ3n) is 10.3. The average molecular weight is 625 g/mol. The Morgan fingerprint density at radius 1 is 0.614 bits per heavy atom. The fourth-order valence-corrected chi connectivity index (χ4v) is 6.81. The molecule has 0 aliphatic rings. The molecule has 0 amide bonds. The summed E-state index contributed by atoms with van der Waals surface area (Å²) < 4.78 is 5.90. The third-order valence-corrected chi connectivity index (χ3v) is 10.3.